The van der Waals surface area contributed by atoms with Gasteiger partial charge in [0.05, 0.1) is 0 Å². The van der Waals surface area contributed by atoms with Crippen LogP contribution in [0.1, 0.15) is 33.1 Å². The first-order valence-electron chi connectivity index (χ1n) is 6.43. The van der Waals surface area contributed by atoms with Crippen LogP contribution in [0.25, 0.3) is 0 Å². The van der Waals surface area contributed by atoms with E-state index in [1.165, 1.54) is 5.57 Å². The van der Waals surface area contributed by atoms with Gasteiger partial charge in [0.25, 0.3) is 0 Å². The van der Waals surface area contributed by atoms with E-state index in [1.54, 1.807) is 0 Å². The monoisotopic (exact) mass is 247 g/mol. The van der Waals surface area contributed by atoms with Crippen LogP contribution in [0.5, 0.6) is 0 Å². The quantitative estimate of drug-likeness (QED) is 0.758. The molecule has 0 spiro atoms. The molecule has 1 amide bonds. The largest absolute Gasteiger partial charge is 0.445 e. The number of rotatable bonds is 6. The van der Waals surface area contributed by atoms with Crippen molar-refractivity contribution in [1.29, 1.82) is 0 Å². The van der Waals surface area contributed by atoms with Crippen LogP contribution < -0.4 is 5.32 Å². The van der Waals surface area contributed by atoms with Gasteiger partial charge in [0.2, 0.25) is 0 Å². The average molecular weight is 247 g/mol. The van der Waals surface area contributed by atoms with Gasteiger partial charge in [0, 0.05) is 5.69 Å². The van der Waals surface area contributed by atoms with Gasteiger partial charge in [-0.2, -0.15) is 0 Å². The minimum Gasteiger partial charge on any atom is -0.445 e. The summed E-state index contributed by atoms with van der Waals surface area (Å²) in [5, 5.41) is 2.69. The highest BCUT2D eigenvalue weighted by atomic mass is 16.5. The number of carbonyl (C=O) groups excluding carboxylic acids is 1. The molecule has 18 heavy (non-hydrogen) atoms. The number of benzene rings is 1. The lowest BCUT2D eigenvalue weighted by Gasteiger charge is -2.08. The van der Waals surface area contributed by atoms with Gasteiger partial charge in [0.15, 0.2) is 0 Å². The molecule has 0 aromatic heterocycles. The van der Waals surface area contributed by atoms with E-state index in [-0.39, 0.29) is 0 Å². The van der Waals surface area contributed by atoms with Crippen LogP contribution in [0.4, 0.5) is 10.5 Å². The Hall–Kier alpha value is -1.77. The molecule has 0 atom stereocenters. The third kappa shape index (κ3) is 5.53. The summed E-state index contributed by atoms with van der Waals surface area (Å²) in [5.74, 6) is 0. The molecule has 0 saturated carbocycles. The number of unbranched alkanes of at least 4 members (excludes halogenated alkanes) is 1. The van der Waals surface area contributed by atoms with Crippen LogP contribution in [0.3, 0.4) is 0 Å². The molecule has 1 rings (SSSR count). The van der Waals surface area contributed by atoms with E-state index in [9.17, 15) is 4.79 Å². The maximum Gasteiger partial charge on any atom is 0.411 e. The summed E-state index contributed by atoms with van der Waals surface area (Å²) in [6.45, 7) is 4.57. The molecule has 1 aromatic carbocycles. The molecule has 0 aliphatic rings. The van der Waals surface area contributed by atoms with Crippen LogP contribution in [0, 0.1) is 0 Å². The molecule has 0 unspecified atom stereocenters. The number of ether oxygens (including phenoxy) is 1. The minimum absolute atomic E-state index is 0.370. The van der Waals surface area contributed by atoms with Gasteiger partial charge in [-0.15, -0.1) is 0 Å². The average Bonchev–Trinajstić information content (AvgIpc) is 2.40. The molecular weight excluding hydrogens is 226 g/mol. The third-order valence-corrected chi connectivity index (χ3v) is 2.58. The maximum absolute atomic E-state index is 11.5. The summed E-state index contributed by atoms with van der Waals surface area (Å²) in [6.07, 6.45) is 4.80. The lowest BCUT2D eigenvalue weighted by atomic mass is 10.1. The van der Waals surface area contributed by atoms with E-state index in [0.717, 1.165) is 24.9 Å². The summed E-state index contributed by atoms with van der Waals surface area (Å²) in [7, 11) is 0. The molecule has 0 fully saturated rings. The first-order chi connectivity index (χ1) is 8.76. The van der Waals surface area contributed by atoms with Gasteiger partial charge in [-0.3, -0.25) is 5.32 Å². The Balaban J connectivity index is 2.36. The van der Waals surface area contributed by atoms with Gasteiger partial charge in [0.1, 0.15) is 6.61 Å². The van der Waals surface area contributed by atoms with Crippen LogP contribution in [-0.2, 0) is 4.74 Å². The summed E-state index contributed by atoms with van der Waals surface area (Å²) in [6, 6.07) is 9.30. The Labute approximate surface area is 109 Å². The number of hydrogen-bond donors (Lipinski definition) is 1. The fourth-order valence-corrected chi connectivity index (χ4v) is 1.49. The number of allylic oxidation sites excluding steroid dienone is 1. The Bertz CT molecular complexity index is 385. The Morgan fingerprint density at radius 2 is 2.00 bits per heavy atom. The number of anilines is 1. The zero-order chi connectivity index (χ0) is 13.2. The van der Waals surface area contributed by atoms with Crippen molar-refractivity contribution in [2.24, 2.45) is 0 Å². The van der Waals surface area contributed by atoms with Gasteiger partial charge >= 0.3 is 6.09 Å². The van der Waals surface area contributed by atoms with Crippen LogP contribution in [-0.4, -0.2) is 12.7 Å². The van der Waals surface area contributed by atoms with Crippen molar-refractivity contribution < 1.29 is 9.53 Å². The van der Waals surface area contributed by atoms with Crippen molar-refractivity contribution >= 4 is 11.8 Å². The lowest BCUT2D eigenvalue weighted by Crippen LogP contribution is -2.15. The topological polar surface area (TPSA) is 38.3 Å². The van der Waals surface area contributed by atoms with E-state index in [1.807, 2.05) is 30.3 Å². The Morgan fingerprint density at radius 3 is 2.61 bits per heavy atom. The van der Waals surface area contributed by atoms with Crippen molar-refractivity contribution in [2.75, 3.05) is 11.9 Å². The number of nitrogens with one attached hydrogen (secondary N) is 1. The number of carbonyl (C=O) groups is 1. The summed E-state index contributed by atoms with van der Waals surface area (Å²) in [4.78, 5) is 11.5. The van der Waals surface area contributed by atoms with E-state index in [4.69, 9.17) is 4.74 Å². The fraction of sp³-hybridized carbons (Fsp3) is 0.400. The minimum atomic E-state index is -0.406. The predicted octanol–water partition coefficient (Wildman–Crippen LogP) is 4.37. The van der Waals surface area contributed by atoms with Crippen molar-refractivity contribution in [3.63, 3.8) is 0 Å². The lowest BCUT2D eigenvalue weighted by molar-refractivity contribution is 0.170. The van der Waals surface area contributed by atoms with Crippen LogP contribution in [0.2, 0.25) is 0 Å². The maximum atomic E-state index is 11.5. The first-order valence-corrected chi connectivity index (χ1v) is 6.43. The predicted molar refractivity (Wildman–Crippen MR) is 74.7 cm³/mol. The summed E-state index contributed by atoms with van der Waals surface area (Å²) >= 11 is 0. The van der Waals surface area contributed by atoms with Crippen molar-refractivity contribution in [3.05, 3.63) is 42.0 Å². The van der Waals surface area contributed by atoms with Gasteiger partial charge in [-0.05, 0) is 30.5 Å². The van der Waals surface area contributed by atoms with Crippen molar-refractivity contribution in [3.8, 4) is 0 Å². The molecule has 1 aromatic rings. The zero-order valence-corrected chi connectivity index (χ0v) is 11.1. The second-order valence-corrected chi connectivity index (χ2v) is 4.07. The second kappa shape index (κ2) is 8.34. The molecule has 3 nitrogen and oxygen atoms in total. The highest BCUT2D eigenvalue weighted by Gasteiger charge is 2.03. The van der Waals surface area contributed by atoms with Gasteiger partial charge in [-0.25, -0.2) is 4.79 Å². The van der Waals surface area contributed by atoms with Gasteiger partial charge < -0.3 is 4.74 Å². The van der Waals surface area contributed by atoms with Crippen molar-refractivity contribution in [2.45, 2.75) is 33.1 Å². The molecular formula is C15H21NO2. The Kier molecular flexibility index (Phi) is 6.62. The zero-order valence-electron chi connectivity index (χ0n) is 11.1. The standard InChI is InChI=1S/C15H21NO2/c1-3-5-9-13(4-2)12-18-15(17)16-14-10-7-6-8-11-14/h6-11H,3-5,12H2,1-2H3,(H,16,17). The van der Waals surface area contributed by atoms with E-state index in [0.29, 0.717) is 6.61 Å². The SMILES string of the molecule is CCCC=C(CC)COC(=O)Nc1ccccc1. The van der Waals surface area contributed by atoms with E-state index in [2.05, 4.69) is 25.2 Å². The molecule has 0 heterocycles. The smallest absolute Gasteiger partial charge is 0.411 e. The molecule has 98 valence electrons. The first kappa shape index (κ1) is 14.3. The van der Waals surface area contributed by atoms with Crippen LogP contribution >= 0.6 is 0 Å². The molecule has 1 N–H and O–H groups in total. The molecule has 3 heteroatoms. The van der Waals surface area contributed by atoms with Crippen molar-refractivity contribution in [1.82, 2.24) is 0 Å². The normalized spacial score (nSPS) is 11.1. The highest BCUT2D eigenvalue weighted by Crippen LogP contribution is 2.08. The number of hydrogen-bond acceptors (Lipinski definition) is 2. The molecule has 0 saturated heterocycles. The van der Waals surface area contributed by atoms with Gasteiger partial charge in [-0.1, -0.05) is 44.5 Å². The van der Waals surface area contributed by atoms with E-state index < -0.39 is 6.09 Å². The summed E-state index contributed by atoms with van der Waals surface area (Å²) in [5.41, 5.74) is 1.91. The second-order valence-electron chi connectivity index (χ2n) is 4.07. The molecule has 0 aliphatic heterocycles. The fourth-order valence-electron chi connectivity index (χ4n) is 1.49. The number of para-hydroxylation sites is 1. The third-order valence-electron chi connectivity index (χ3n) is 2.58. The summed E-state index contributed by atoms with van der Waals surface area (Å²) < 4.78 is 5.18. The van der Waals surface area contributed by atoms with Crippen LogP contribution in [0.15, 0.2) is 42.0 Å². The molecule has 0 bridgehead atoms. The Morgan fingerprint density at radius 1 is 1.28 bits per heavy atom. The highest BCUT2D eigenvalue weighted by molar-refractivity contribution is 5.84. The van der Waals surface area contributed by atoms with E-state index >= 15 is 0 Å². The molecule has 0 aliphatic carbocycles. The molecule has 0 radical (unpaired) electrons. The number of amides is 1.